The number of benzene rings is 1. The Morgan fingerprint density at radius 3 is 2.79 bits per heavy atom. The Morgan fingerprint density at radius 2 is 2.16 bits per heavy atom. The van der Waals surface area contributed by atoms with E-state index in [0.717, 1.165) is 32.3 Å². The van der Waals surface area contributed by atoms with Crippen molar-refractivity contribution in [2.75, 3.05) is 26.9 Å². The van der Waals surface area contributed by atoms with Gasteiger partial charge in [0.2, 0.25) is 0 Å². The highest BCUT2D eigenvalue weighted by molar-refractivity contribution is 6.32. The summed E-state index contributed by atoms with van der Waals surface area (Å²) in [6.45, 7) is 2.14. The first-order chi connectivity index (χ1) is 9.24. The number of methoxy groups -OCH3 is 1. The standard InChI is InChI=1S/C14H17ClO4/c1-17-13-7-11(8-16)6-12(15)14(13)19-9-10-2-4-18-5-3-10/h6-8,10H,2-5,9H2,1H3. The highest BCUT2D eigenvalue weighted by Gasteiger charge is 2.17. The van der Waals surface area contributed by atoms with Crippen LogP contribution in [0.15, 0.2) is 12.1 Å². The molecule has 1 heterocycles. The van der Waals surface area contributed by atoms with Crippen LogP contribution in [0.25, 0.3) is 0 Å². The first-order valence-corrected chi connectivity index (χ1v) is 6.65. The van der Waals surface area contributed by atoms with Crippen LogP contribution in [-0.2, 0) is 4.74 Å². The van der Waals surface area contributed by atoms with E-state index in [4.69, 9.17) is 25.8 Å². The van der Waals surface area contributed by atoms with E-state index in [0.29, 0.717) is 34.6 Å². The molecule has 1 aliphatic heterocycles. The van der Waals surface area contributed by atoms with Gasteiger partial charge >= 0.3 is 0 Å². The van der Waals surface area contributed by atoms with Crippen LogP contribution in [0.2, 0.25) is 5.02 Å². The van der Waals surface area contributed by atoms with Crippen molar-refractivity contribution < 1.29 is 19.0 Å². The van der Waals surface area contributed by atoms with Crippen LogP contribution in [0, 0.1) is 5.92 Å². The lowest BCUT2D eigenvalue weighted by molar-refractivity contribution is 0.0493. The Balaban J connectivity index is 2.07. The predicted molar refractivity (Wildman–Crippen MR) is 72.4 cm³/mol. The molecule has 2 rings (SSSR count). The number of ether oxygens (including phenoxy) is 3. The molecule has 0 N–H and O–H groups in total. The molecule has 0 aromatic heterocycles. The van der Waals surface area contributed by atoms with Gasteiger partial charge in [-0.25, -0.2) is 0 Å². The Kier molecular flexibility index (Phi) is 5.05. The fourth-order valence-electron chi connectivity index (χ4n) is 2.06. The van der Waals surface area contributed by atoms with Gasteiger partial charge in [-0.3, -0.25) is 4.79 Å². The summed E-state index contributed by atoms with van der Waals surface area (Å²) in [7, 11) is 1.53. The number of hydrogen-bond donors (Lipinski definition) is 0. The lowest BCUT2D eigenvalue weighted by Crippen LogP contribution is -2.21. The molecule has 0 amide bonds. The van der Waals surface area contributed by atoms with Crippen LogP contribution >= 0.6 is 11.6 Å². The molecule has 0 spiro atoms. The molecular weight excluding hydrogens is 268 g/mol. The van der Waals surface area contributed by atoms with E-state index < -0.39 is 0 Å². The Morgan fingerprint density at radius 1 is 1.42 bits per heavy atom. The SMILES string of the molecule is COc1cc(C=O)cc(Cl)c1OCC1CCOCC1. The zero-order valence-corrected chi connectivity index (χ0v) is 11.6. The summed E-state index contributed by atoms with van der Waals surface area (Å²) < 4.78 is 16.3. The molecule has 104 valence electrons. The summed E-state index contributed by atoms with van der Waals surface area (Å²) in [6, 6.07) is 3.20. The van der Waals surface area contributed by atoms with Gasteiger partial charge in [0.05, 0.1) is 18.7 Å². The Bertz CT molecular complexity index is 441. The molecule has 0 bridgehead atoms. The predicted octanol–water partition coefficient (Wildman–Crippen LogP) is 2.97. The molecule has 1 aromatic rings. The molecule has 0 unspecified atom stereocenters. The van der Waals surface area contributed by atoms with Gasteiger partial charge in [-0.1, -0.05) is 11.6 Å². The van der Waals surface area contributed by atoms with Crippen LogP contribution < -0.4 is 9.47 Å². The molecule has 0 atom stereocenters. The van der Waals surface area contributed by atoms with Crippen LogP contribution in [0.3, 0.4) is 0 Å². The molecular formula is C14H17ClO4. The second-order valence-electron chi connectivity index (χ2n) is 4.52. The molecule has 4 nitrogen and oxygen atoms in total. The van der Waals surface area contributed by atoms with Crippen molar-refractivity contribution in [3.8, 4) is 11.5 Å². The number of rotatable bonds is 5. The van der Waals surface area contributed by atoms with Crippen molar-refractivity contribution in [3.63, 3.8) is 0 Å². The summed E-state index contributed by atoms with van der Waals surface area (Å²) in [5.74, 6) is 1.46. The van der Waals surface area contributed by atoms with Crippen LogP contribution in [0.1, 0.15) is 23.2 Å². The lowest BCUT2D eigenvalue weighted by Gasteiger charge is -2.23. The highest BCUT2D eigenvalue weighted by atomic mass is 35.5. The molecule has 5 heteroatoms. The molecule has 0 aliphatic carbocycles. The van der Waals surface area contributed by atoms with E-state index >= 15 is 0 Å². The molecule has 1 fully saturated rings. The maximum absolute atomic E-state index is 10.8. The topological polar surface area (TPSA) is 44.8 Å². The monoisotopic (exact) mass is 284 g/mol. The van der Waals surface area contributed by atoms with Gasteiger partial charge < -0.3 is 14.2 Å². The highest BCUT2D eigenvalue weighted by Crippen LogP contribution is 2.36. The molecule has 1 aliphatic rings. The summed E-state index contributed by atoms with van der Waals surface area (Å²) in [5, 5.41) is 0.397. The second-order valence-corrected chi connectivity index (χ2v) is 4.93. The largest absolute Gasteiger partial charge is 0.493 e. The van der Waals surface area contributed by atoms with Gasteiger partial charge in [0, 0.05) is 18.8 Å². The normalized spacial score (nSPS) is 16.1. The van der Waals surface area contributed by atoms with E-state index in [2.05, 4.69) is 0 Å². The third-order valence-electron chi connectivity index (χ3n) is 3.19. The maximum Gasteiger partial charge on any atom is 0.179 e. The van der Waals surface area contributed by atoms with Crippen molar-refractivity contribution in [1.29, 1.82) is 0 Å². The second kappa shape index (κ2) is 6.78. The van der Waals surface area contributed by atoms with Gasteiger partial charge in [0.15, 0.2) is 11.5 Å². The maximum atomic E-state index is 10.8. The van der Waals surface area contributed by atoms with Gasteiger partial charge in [0.1, 0.15) is 6.29 Å². The van der Waals surface area contributed by atoms with E-state index in [1.54, 1.807) is 12.1 Å². The number of halogens is 1. The zero-order valence-electron chi connectivity index (χ0n) is 10.9. The molecule has 1 aromatic carbocycles. The fraction of sp³-hybridized carbons (Fsp3) is 0.500. The summed E-state index contributed by atoms with van der Waals surface area (Å²) >= 11 is 6.12. The van der Waals surface area contributed by atoms with E-state index in [9.17, 15) is 4.79 Å². The quantitative estimate of drug-likeness (QED) is 0.780. The first-order valence-electron chi connectivity index (χ1n) is 6.28. The van der Waals surface area contributed by atoms with Crippen LogP contribution in [-0.4, -0.2) is 33.2 Å². The molecule has 0 radical (unpaired) electrons. The lowest BCUT2D eigenvalue weighted by atomic mass is 10.0. The van der Waals surface area contributed by atoms with E-state index in [-0.39, 0.29) is 0 Å². The molecule has 0 saturated carbocycles. The first kappa shape index (κ1) is 14.2. The fourth-order valence-corrected chi connectivity index (χ4v) is 2.34. The summed E-state index contributed by atoms with van der Waals surface area (Å²) in [5.41, 5.74) is 0.472. The zero-order chi connectivity index (χ0) is 13.7. The minimum absolute atomic E-state index is 0.397. The van der Waals surface area contributed by atoms with Crippen LogP contribution in [0.5, 0.6) is 11.5 Å². The number of aldehydes is 1. The minimum atomic E-state index is 0.397. The van der Waals surface area contributed by atoms with Crippen molar-refractivity contribution in [3.05, 3.63) is 22.7 Å². The third-order valence-corrected chi connectivity index (χ3v) is 3.47. The van der Waals surface area contributed by atoms with Gasteiger partial charge in [-0.05, 0) is 30.9 Å². The smallest absolute Gasteiger partial charge is 0.179 e. The average molecular weight is 285 g/mol. The van der Waals surface area contributed by atoms with Gasteiger partial charge in [0.25, 0.3) is 0 Å². The van der Waals surface area contributed by atoms with E-state index in [1.807, 2.05) is 0 Å². The van der Waals surface area contributed by atoms with Crippen molar-refractivity contribution in [2.24, 2.45) is 5.92 Å². The average Bonchev–Trinajstić information content (AvgIpc) is 2.46. The van der Waals surface area contributed by atoms with Crippen molar-refractivity contribution in [2.45, 2.75) is 12.8 Å². The summed E-state index contributed by atoms with van der Waals surface area (Å²) in [4.78, 5) is 10.8. The number of carbonyl (C=O) groups excluding carboxylic acids is 1. The number of carbonyl (C=O) groups is 1. The Hall–Kier alpha value is -1.26. The third kappa shape index (κ3) is 3.61. The summed E-state index contributed by atoms with van der Waals surface area (Å²) in [6.07, 6.45) is 2.72. The van der Waals surface area contributed by atoms with Gasteiger partial charge in [-0.15, -0.1) is 0 Å². The Labute approximate surface area is 117 Å². The molecule has 19 heavy (non-hydrogen) atoms. The van der Waals surface area contributed by atoms with Crippen molar-refractivity contribution in [1.82, 2.24) is 0 Å². The van der Waals surface area contributed by atoms with Crippen molar-refractivity contribution >= 4 is 17.9 Å². The van der Waals surface area contributed by atoms with Crippen LogP contribution in [0.4, 0.5) is 0 Å². The minimum Gasteiger partial charge on any atom is -0.493 e. The molecule has 1 saturated heterocycles. The van der Waals surface area contributed by atoms with Gasteiger partial charge in [-0.2, -0.15) is 0 Å². The number of hydrogen-bond acceptors (Lipinski definition) is 4. The van der Waals surface area contributed by atoms with E-state index in [1.165, 1.54) is 7.11 Å².